The van der Waals surface area contributed by atoms with Crippen LogP contribution >= 0.6 is 0 Å². The van der Waals surface area contributed by atoms with Crippen LogP contribution < -0.4 is 5.32 Å². The van der Waals surface area contributed by atoms with Crippen molar-refractivity contribution in [1.82, 2.24) is 10.2 Å². The summed E-state index contributed by atoms with van der Waals surface area (Å²) in [7, 11) is 3.87. The molecule has 0 aliphatic heterocycles. The second-order valence-corrected chi connectivity index (χ2v) is 4.78. The summed E-state index contributed by atoms with van der Waals surface area (Å²) in [6.45, 7) is 3.20. The Morgan fingerprint density at radius 2 is 2.17 bits per heavy atom. The fraction of sp³-hybridized carbons (Fsp3) is 0.500. The fourth-order valence-corrected chi connectivity index (χ4v) is 1.79. The average molecular weight is 247 g/mol. The van der Waals surface area contributed by atoms with Crippen LogP contribution in [0.15, 0.2) is 24.3 Å². The van der Waals surface area contributed by atoms with Crippen molar-refractivity contribution in [1.29, 1.82) is 5.26 Å². The SMILES string of the molecule is C[C@H](NC[C@@H](O)CN(C)C)c1cccc(C#N)c1. The number of nitriles is 1. The standard InChI is InChI=1S/C14H21N3O/c1-11(16-9-14(18)10-17(2)3)13-6-4-5-12(7-13)8-15/h4-7,11,14,16,18H,9-10H2,1-3H3/t11-,14+/m0/s1. The molecule has 1 aromatic rings. The molecule has 0 saturated carbocycles. The van der Waals surface area contributed by atoms with Crippen molar-refractivity contribution in [2.45, 2.75) is 19.1 Å². The van der Waals surface area contributed by atoms with Crippen LogP contribution in [0.5, 0.6) is 0 Å². The van der Waals surface area contributed by atoms with Gasteiger partial charge in [0.05, 0.1) is 17.7 Å². The maximum atomic E-state index is 9.76. The van der Waals surface area contributed by atoms with E-state index in [4.69, 9.17) is 5.26 Å². The van der Waals surface area contributed by atoms with Gasteiger partial charge in [-0.3, -0.25) is 0 Å². The highest BCUT2D eigenvalue weighted by molar-refractivity contribution is 5.33. The van der Waals surface area contributed by atoms with E-state index in [0.29, 0.717) is 18.7 Å². The van der Waals surface area contributed by atoms with Crippen molar-refractivity contribution >= 4 is 0 Å². The van der Waals surface area contributed by atoms with Gasteiger partial charge in [-0.15, -0.1) is 0 Å². The minimum Gasteiger partial charge on any atom is -0.390 e. The summed E-state index contributed by atoms with van der Waals surface area (Å²) in [6.07, 6.45) is -0.387. The lowest BCUT2D eigenvalue weighted by molar-refractivity contribution is 0.132. The van der Waals surface area contributed by atoms with Crippen molar-refractivity contribution in [2.24, 2.45) is 0 Å². The van der Waals surface area contributed by atoms with Gasteiger partial charge in [-0.25, -0.2) is 0 Å². The summed E-state index contributed by atoms with van der Waals surface area (Å²) in [5, 5.41) is 21.9. The molecule has 4 heteroatoms. The van der Waals surface area contributed by atoms with Crippen molar-refractivity contribution in [2.75, 3.05) is 27.2 Å². The van der Waals surface area contributed by atoms with Gasteiger partial charge in [-0.05, 0) is 38.7 Å². The van der Waals surface area contributed by atoms with Gasteiger partial charge >= 0.3 is 0 Å². The van der Waals surface area contributed by atoms with E-state index in [1.165, 1.54) is 0 Å². The number of hydrogen-bond acceptors (Lipinski definition) is 4. The second kappa shape index (κ2) is 7.12. The number of hydrogen-bond donors (Lipinski definition) is 2. The third-order valence-corrected chi connectivity index (χ3v) is 2.75. The van der Waals surface area contributed by atoms with Gasteiger partial charge < -0.3 is 15.3 Å². The molecule has 4 nitrogen and oxygen atoms in total. The summed E-state index contributed by atoms with van der Waals surface area (Å²) < 4.78 is 0. The summed E-state index contributed by atoms with van der Waals surface area (Å²) in [4.78, 5) is 1.95. The molecule has 0 unspecified atom stereocenters. The molecule has 0 aliphatic rings. The molecule has 2 atom stereocenters. The van der Waals surface area contributed by atoms with Crippen LogP contribution in [-0.2, 0) is 0 Å². The monoisotopic (exact) mass is 247 g/mol. The largest absolute Gasteiger partial charge is 0.390 e. The molecule has 0 fully saturated rings. The lowest BCUT2D eigenvalue weighted by Crippen LogP contribution is -2.36. The molecule has 2 N–H and O–H groups in total. The highest BCUT2D eigenvalue weighted by atomic mass is 16.3. The first-order valence-electron chi connectivity index (χ1n) is 6.09. The van der Waals surface area contributed by atoms with Crippen LogP contribution in [0, 0.1) is 11.3 Å². The average Bonchev–Trinajstić information content (AvgIpc) is 2.35. The number of aliphatic hydroxyl groups is 1. The van der Waals surface area contributed by atoms with Crippen LogP contribution in [0.4, 0.5) is 0 Å². The van der Waals surface area contributed by atoms with Gasteiger partial charge in [-0.1, -0.05) is 12.1 Å². The zero-order valence-electron chi connectivity index (χ0n) is 11.2. The zero-order valence-corrected chi connectivity index (χ0v) is 11.2. The Hall–Kier alpha value is -1.41. The normalized spacial score (nSPS) is 14.2. The Morgan fingerprint density at radius 3 is 2.78 bits per heavy atom. The molecule has 18 heavy (non-hydrogen) atoms. The number of likely N-dealkylation sites (N-methyl/N-ethyl adjacent to an activating group) is 1. The first-order chi connectivity index (χ1) is 8.52. The van der Waals surface area contributed by atoms with Crippen LogP contribution in [-0.4, -0.2) is 43.3 Å². The molecular weight excluding hydrogens is 226 g/mol. The lowest BCUT2D eigenvalue weighted by Gasteiger charge is -2.20. The van der Waals surface area contributed by atoms with E-state index in [9.17, 15) is 5.11 Å². The smallest absolute Gasteiger partial charge is 0.0991 e. The van der Waals surface area contributed by atoms with Crippen molar-refractivity contribution < 1.29 is 5.11 Å². The van der Waals surface area contributed by atoms with Crippen molar-refractivity contribution in [3.05, 3.63) is 35.4 Å². The minimum absolute atomic E-state index is 0.120. The molecule has 0 bridgehead atoms. The summed E-state index contributed by atoms with van der Waals surface area (Å²) in [5.41, 5.74) is 1.72. The maximum absolute atomic E-state index is 9.76. The number of aliphatic hydroxyl groups excluding tert-OH is 1. The third kappa shape index (κ3) is 4.84. The van der Waals surface area contributed by atoms with E-state index >= 15 is 0 Å². The lowest BCUT2D eigenvalue weighted by atomic mass is 10.1. The van der Waals surface area contributed by atoms with Gasteiger partial charge in [0.1, 0.15) is 0 Å². The van der Waals surface area contributed by atoms with E-state index in [0.717, 1.165) is 5.56 Å². The Morgan fingerprint density at radius 1 is 1.44 bits per heavy atom. The van der Waals surface area contributed by atoms with E-state index in [1.807, 2.05) is 44.1 Å². The van der Waals surface area contributed by atoms with Crippen molar-refractivity contribution in [3.63, 3.8) is 0 Å². The molecule has 0 saturated heterocycles. The van der Waals surface area contributed by atoms with Crippen molar-refractivity contribution in [3.8, 4) is 6.07 Å². The Labute approximate surface area is 109 Å². The van der Waals surface area contributed by atoms with E-state index in [-0.39, 0.29) is 12.1 Å². The van der Waals surface area contributed by atoms with Gasteiger partial charge in [0, 0.05) is 19.1 Å². The number of rotatable bonds is 6. The number of nitrogens with zero attached hydrogens (tertiary/aromatic N) is 2. The minimum atomic E-state index is -0.387. The Kier molecular flexibility index (Phi) is 5.79. The van der Waals surface area contributed by atoms with Gasteiger partial charge in [0.15, 0.2) is 0 Å². The summed E-state index contributed by atoms with van der Waals surface area (Å²) >= 11 is 0. The zero-order chi connectivity index (χ0) is 13.5. The molecule has 98 valence electrons. The number of nitrogens with one attached hydrogen (secondary N) is 1. The van der Waals surface area contributed by atoms with Gasteiger partial charge in [0.25, 0.3) is 0 Å². The predicted octanol–water partition coefficient (Wildman–Crippen LogP) is 1.13. The molecular formula is C14H21N3O. The first-order valence-corrected chi connectivity index (χ1v) is 6.09. The Balaban J connectivity index is 2.50. The van der Waals surface area contributed by atoms with Gasteiger partial charge in [-0.2, -0.15) is 5.26 Å². The van der Waals surface area contributed by atoms with Crippen LogP contribution in [0.1, 0.15) is 24.1 Å². The maximum Gasteiger partial charge on any atom is 0.0991 e. The predicted molar refractivity (Wildman–Crippen MR) is 72.1 cm³/mol. The Bertz CT molecular complexity index is 412. The molecule has 0 amide bonds. The molecule has 0 aromatic heterocycles. The quantitative estimate of drug-likeness (QED) is 0.791. The van der Waals surface area contributed by atoms with E-state index < -0.39 is 0 Å². The molecule has 0 aliphatic carbocycles. The molecule has 1 aromatic carbocycles. The van der Waals surface area contributed by atoms with Crippen LogP contribution in [0.3, 0.4) is 0 Å². The highest BCUT2D eigenvalue weighted by Crippen LogP contribution is 2.13. The molecule has 0 spiro atoms. The fourth-order valence-electron chi connectivity index (χ4n) is 1.79. The topological polar surface area (TPSA) is 59.3 Å². The highest BCUT2D eigenvalue weighted by Gasteiger charge is 2.09. The van der Waals surface area contributed by atoms with E-state index in [2.05, 4.69) is 11.4 Å². The summed E-state index contributed by atoms with van der Waals surface area (Å²) in [6, 6.07) is 9.77. The third-order valence-electron chi connectivity index (χ3n) is 2.75. The molecule has 0 radical (unpaired) electrons. The molecule has 0 heterocycles. The summed E-state index contributed by atoms with van der Waals surface area (Å²) in [5.74, 6) is 0. The van der Waals surface area contributed by atoms with Crippen LogP contribution in [0.25, 0.3) is 0 Å². The second-order valence-electron chi connectivity index (χ2n) is 4.78. The van der Waals surface area contributed by atoms with E-state index in [1.54, 1.807) is 6.07 Å². The molecule has 1 rings (SSSR count). The first kappa shape index (κ1) is 14.7. The van der Waals surface area contributed by atoms with Gasteiger partial charge in [0.2, 0.25) is 0 Å². The van der Waals surface area contributed by atoms with Crippen LogP contribution in [0.2, 0.25) is 0 Å². The number of benzene rings is 1.